The van der Waals surface area contributed by atoms with E-state index in [4.69, 9.17) is 11.6 Å². The van der Waals surface area contributed by atoms with Gasteiger partial charge in [0.05, 0.1) is 23.7 Å². The molecule has 5 nitrogen and oxygen atoms in total. The zero-order valence-corrected chi connectivity index (χ0v) is 12.4. The van der Waals surface area contributed by atoms with E-state index in [1.807, 2.05) is 6.92 Å². The molecule has 0 spiro atoms. The Morgan fingerprint density at radius 2 is 1.80 bits per heavy atom. The van der Waals surface area contributed by atoms with Crippen molar-refractivity contribution in [3.05, 3.63) is 58.4 Å². The average molecular weight is 312 g/mol. The minimum absolute atomic E-state index is 0.0938. The molecule has 0 radical (unpaired) electrons. The smallest absolute Gasteiger partial charge is 0.212 e. The molecule has 0 aliphatic carbocycles. The quantitative estimate of drug-likeness (QED) is 0.917. The highest BCUT2D eigenvalue weighted by Gasteiger charge is 2.11. The van der Waals surface area contributed by atoms with Crippen molar-refractivity contribution in [1.29, 1.82) is 0 Å². The number of halogens is 1. The zero-order valence-electron chi connectivity index (χ0n) is 10.9. The van der Waals surface area contributed by atoms with Crippen LogP contribution in [0.2, 0.25) is 5.02 Å². The zero-order chi connectivity index (χ0) is 14.6. The van der Waals surface area contributed by atoms with Gasteiger partial charge in [-0.1, -0.05) is 23.7 Å². The molecule has 1 aromatic heterocycles. The highest BCUT2D eigenvalue weighted by Crippen LogP contribution is 2.11. The second-order valence-electron chi connectivity index (χ2n) is 4.37. The van der Waals surface area contributed by atoms with Gasteiger partial charge in [-0.3, -0.25) is 0 Å². The Balaban J connectivity index is 1.97. The van der Waals surface area contributed by atoms with Crippen LogP contribution in [0, 0.1) is 6.92 Å². The van der Waals surface area contributed by atoms with Crippen molar-refractivity contribution in [3.8, 4) is 0 Å². The predicted octanol–water partition coefficient (Wildman–Crippen LogP) is 2.06. The molecular weight excluding hydrogens is 298 g/mol. The topological polar surface area (TPSA) is 72.0 Å². The molecule has 2 rings (SSSR count). The van der Waals surface area contributed by atoms with Gasteiger partial charge in [-0.2, -0.15) is 10.2 Å². The van der Waals surface area contributed by atoms with Crippen molar-refractivity contribution in [2.75, 3.05) is 0 Å². The number of rotatable bonds is 5. The summed E-state index contributed by atoms with van der Waals surface area (Å²) in [6.45, 7) is 1.95. The second kappa shape index (κ2) is 6.30. The van der Waals surface area contributed by atoms with Crippen LogP contribution in [0.25, 0.3) is 0 Å². The van der Waals surface area contributed by atoms with Gasteiger partial charge >= 0.3 is 0 Å². The molecule has 0 bridgehead atoms. The Hall–Kier alpha value is -1.50. The van der Waals surface area contributed by atoms with Gasteiger partial charge in [0, 0.05) is 5.02 Å². The molecule has 106 valence electrons. The fourth-order valence-electron chi connectivity index (χ4n) is 1.56. The van der Waals surface area contributed by atoms with Gasteiger partial charge in [0.1, 0.15) is 0 Å². The summed E-state index contributed by atoms with van der Waals surface area (Å²) >= 11 is 5.76. The first-order valence-electron chi connectivity index (χ1n) is 5.96. The first-order chi connectivity index (χ1) is 9.44. The number of benzene rings is 1. The summed E-state index contributed by atoms with van der Waals surface area (Å²) < 4.78 is 26.4. The molecule has 0 atom stereocenters. The standard InChI is InChI=1S/C13H14ClN3O2S/c1-10-2-7-13(17-16-10)8-15-20(18,19)9-11-3-5-12(14)6-4-11/h2-7,15H,8-9H2,1H3. The Bertz CT molecular complexity index is 670. The lowest BCUT2D eigenvalue weighted by Crippen LogP contribution is -2.25. The molecule has 0 saturated heterocycles. The van der Waals surface area contributed by atoms with Gasteiger partial charge in [-0.05, 0) is 36.8 Å². The fourth-order valence-corrected chi connectivity index (χ4v) is 2.78. The third-order valence-corrected chi connectivity index (χ3v) is 4.15. The Morgan fingerprint density at radius 1 is 1.10 bits per heavy atom. The highest BCUT2D eigenvalue weighted by atomic mass is 35.5. The maximum atomic E-state index is 11.9. The summed E-state index contributed by atoms with van der Waals surface area (Å²) in [5.74, 6) is -0.0938. The summed E-state index contributed by atoms with van der Waals surface area (Å²) in [6, 6.07) is 10.2. The van der Waals surface area contributed by atoms with E-state index in [2.05, 4.69) is 14.9 Å². The molecule has 0 fully saturated rings. The van der Waals surface area contributed by atoms with E-state index in [0.29, 0.717) is 16.3 Å². The third kappa shape index (κ3) is 4.56. The number of nitrogens with zero attached hydrogens (tertiary/aromatic N) is 2. The third-order valence-electron chi connectivity index (χ3n) is 2.60. The number of hydrogen-bond acceptors (Lipinski definition) is 4. The Kier molecular flexibility index (Phi) is 4.69. The van der Waals surface area contributed by atoms with E-state index in [1.165, 1.54) is 0 Å². The number of aryl methyl sites for hydroxylation is 1. The highest BCUT2D eigenvalue weighted by molar-refractivity contribution is 7.88. The molecule has 20 heavy (non-hydrogen) atoms. The molecule has 0 aliphatic heterocycles. The fraction of sp³-hybridized carbons (Fsp3) is 0.231. The first-order valence-corrected chi connectivity index (χ1v) is 7.99. The lowest BCUT2D eigenvalue weighted by atomic mass is 10.2. The van der Waals surface area contributed by atoms with Gasteiger partial charge in [0.2, 0.25) is 10.0 Å². The van der Waals surface area contributed by atoms with Gasteiger partial charge < -0.3 is 0 Å². The van der Waals surface area contributed by atoms with Gasteiger partial charge in [0.15, 0.2) is 0 Å². The molecule has 7 heteroatoms. The van der Waals surface area contributed by atoms with E-state index in [9.17, 15) is 8.42 Å². The minimum atomic E-state index is -3.42. The van der Waals surface area contributed by atoms with Crippen LogP contribution in [0.4, 0.5) is 0 Å². The van der Waals surface area contributed by atoms with Crippen molar-refractivity contribution in [2.45, 2.75) is 19.2 Å². The van der Waals surface area contributed by atoms with Crippen LogP contribution in [0.5, 0.6) is 0 Å². The summed E-state index contributed by atoms with van der Waals surface area (Å²) in [5, 5.41) is 8.36. The van der Waals surface area contributed by atoms with E-state index in [1.54, 1.807) is 36.4 Å². The molecule has 0 amide bonds. The van der Waals surface area contributed by atoms with E-state index >= 15 is 0 Å². The normalized spacial score (nSPS) is 11.5. The lowest BCUT2D eigenvalue weighted by molar-refractivity contribution is 0.579. The summed E-state index contributed by atoms with van der Waals surface area (Å²) in [6.07, 6.45) is 0. The van der Waals surface area contributed by atoms with E-state index in [-0.39, 0.29) is 12.3 Å². The monoisotopic (exact) mass is 311 g/mol. The molecule has 0 aliphatic rings. The Morgan fingerprint density at radius 3 is 2.40 bits per heavy atom. The molecular formula is C13H14ClN3O2S. The van der Waals surface area contributed by atoms with Crippen LogP contribution in [-0.2, 0) is 22.3 Å². The van der Waals surface area contributed by atoms with Crippen LogP contribution >= 0.6 is 11.6 Å². The second-order valence-corrected chi connectivity index (χ2v) is 6.62. The number of aromatic nitrogens is 2. The van der Waals surface area contributed by atoms with E-state index < -0.39 is 10.0 Å². The maximum absolute atomic E-state index is 11.9. The molecule has 2 aromatic rings. The van der Waals surface area contributed by atoms with Gasteiger partial charge in [0.25, 0.3) is 0 Å². The van der Waals surface area contributed by atoms with Gasteiger partial charge in [-0.25, -0.2) is 13.1 Å². The van der Waals surface area contributed by atoms with Crippen molar-refractivity contribution in [2.24, 2.45) is 0 Å². The number of sulfonamides is 1. The van der Waals surface area contributed by atoms with Crippen LogP contribution in [0.1, 0.15) is 17.0 Å². The maximum Gasteiger partial charge on any atom is 0.216 e. The average Bonchev–Trinajstić information content (AvgIpc) is 2.41. The van der Waals surface area contributed by atoms with Crippen molar-refractivity contribution in [1.82, 2.24) is 14.9 Å². The summed E-state index contributed by atoms with van der Waals surface area (Å²) in [4.78, 5) is 0. The number of hydrogen-bond donors (Lipinski definition) is 1. The molecule has 1 heterocycles. The summed E-state index contributed by atoms with van der Waals surface area (Å²) in [5.41, 5.74) is 2.05. The largest absolute Gasteiger partial charge is 0.216 e. The van der Waals surface area contributed by atoms with E-state index in [0.717, 1.165) is 5.69 Å². The Labute approximate surface area is 123 Å². The predicted molar refractivity (Wildman–Crippen MR) is 77.7 cm³/mol. The summed E-state index contributed by atoms with van der Waals surface area (Å²) in [7, 11) is -3.42. The van der Waals surface area contributed by atoms with Crippen LogP contribution < -0.4 is 4.72 Å². The SMILES string of the molecule is Cc1ccc(CNS(=O)(=O)Cc2ccc(Cl)cc2)nn1. The van der Waals surface area contributed by atoms with Crippen molar-refractivity contribution >= 4 is 21.6 Å². The van der Waals surface area contributed by atoms with Crippen LogP contribution in [0.15, 0.2) is 36.4 Å². The van der Waals surface area contributed by atoms with Gasteiger partial charge in [-0.15, -0.1) is 0 Å². The molecule has 0 unspecified atom stereocenters. The number of nitrogens with one attached hydrogen (secondary N) is 1. The van der Waals surface area contributed by atoms with Crippen LogP contribution in [-0.4, -0.2) is 18.6 Å². The van der Waals surface area contributed by atoms with Crippen LogP contribution in [0.3, 0.4) is 0 Å². The molecule has 0 saturated carbocycles. The minimum Gasteiger partial charge on any atom is -0.212 e. The molecule has 1 aromatic carbocycles. The first kappa shape index (κ1) is 14.9. The van der Waals surface area contributed by atoms with Crippen molar-refractivity contribution < 1.29 is 8.42 Å². The lowest BCUT2D eigenvalue weighted by Gasteiger charge is -2.06. The van der Waals surface area contributed by atoms with Crippen molar-refractivity contribution in [3.63, 3.8) is 0 Å². The molecule has 1 N–H and O–H groups in total.